The van der Waals surface area contributed by atoms with Crippen molar-refractivity contribution in [3.63, 3.8) is 0 Å². The van der Waals surface area contributed by atoms with Crippen LogP contribution in [0.25, 0.3) is 22.0 Å². The van der Waals surface area contributed by atoms with E-state index in [0.717, 1.165) is 25.1 Å². The zero-order valence-corrected chi connectivity index (χ0v) is 18.0. The van der Waals surface area contributed by atoms with Crippen LogP contribution in [0.3, 0.4) is 0 Å². The van der Waals surface area contributed by atoms with Crippen LogP contribution in [0.5, 0.6) is 0 Å². The molecule has 174 valence electrons. The average Bonchev–Trinajstić information content (AvgIpc) is 2.77. The number of hydrogen-bond donors (Lipinski definition) is 2. The number of rotatable bonds is 5. The lowest BCUT2D eigenvalue weighted by atomic mass is 9.97. The second-order valence-electron chi connectivity index (χ2n) is 8.46. The molecule has 3 aromatic rings. The fraction of sp³-hybridized carbons (Fsp3) is 0.375. The van der Waals surface area contributed by atoms with Gasteiger partial charge in [0.2, 0.25) is 0 Å². The number of aryl methyl sites for hydroxylation is 1. The number of fused-ring (bicyclic) bond motifs is 1. The third kappa shape index (κ3) is 4.99. The molecule has 33 heavy (non-hydrogen) atoms. The van der Waals surface area contributed by atoms with Crippen molar-refractivity contribution in [2.45, 2.75) is 51.1 Å². The minimum absolute atomic E-state index is 0.0922. The number of carbonyl (C=O) groups is 1. The topological polar surface area (TPSA) is 84.2 Å². The molecule has 1 aliphatic rings. The van der Waals surface area contributed by atoms with Crippen LogP contribution < -0.4 is 10.9 Å². The van der Waals surface area contributed by atoms with Gasteiger partial charge in [-0.2, -0.15) is 13.2 Å². The van der Waals surface area contributed by atoms with E-state index in [1.807, 2.05) is 0 Å². The van der Waals surface area contributed by atoms with Crippen LogP contribution in [0.15, 0.2) is 47.5 Å². The summed E-state index contributed by atoms with van der Waals surface area (Å²) in [6.45, 7) is 2.26. The maximum atomic E-state index is 13.1. The summed E-state index contributed by atoms with van der Waals surface area (Å²) in [5.74, 6) is -0.220. The van der Waals surface area contributed by atoms with E-state index < -0.39 is 23.4 Å². The summed E-state index contributed by atoms with van der Waals surface area (Å²) in [7, 11) is 0. The van der Waals surface area contributed by atoms with Crippen LogP contribution in [-0.2, 0) is 17.5 Å². The van der Waals surface area contributed by atoms with Gasteiger partial charge in [-0.05, 0) is 67.3 Å². The Hall–Kier alpha value is -3.04. The van der Waals surface area contributed by atoms with Crippen LogP contribution in [0.4, 0.5) is 13.2 Å². The number of alkyl halides is 3. The first kappa shape index (κ1) is 23.1. The fourth-order valence-corrected chi connectivity index (χ4v) is 4.25. The third-order valence-electron chi connectivity index (χ3n) is 5.98. The maximum Gasteiger partial charge on any atom is 0.416 e. The summed E-state index contributed by atoms with van der Waals surface area (Å²) in [6, 6.07) is 7.78. The number of hydrogen-bond acceptors (Lipinski definition) is 5. The molecular weight excluding hydrogens is 435 g/mol. The molecule has 0 aliphatic carbocycles. The zero-order chi connectivity index (χ0) is 23.8. The zero-order valence-electron chi connectivity index (χ0n) is 18.0. The number of Topliss-reactive ketones (excluding diaryl/α,β-unsaturated/α-hetero) is 1. The molecule has 0 amide bonds. The van der Waals surface area contributed by atoms with E-state index in [0.29, 0.717) is 28.6 Å². The molecule has 0 saturated carbocycles. The van der Waals surface area contributed by atoms with Gasteiger partial charge in [-0.3, -0.25) is 14.2 Å². The van der Waals surface area contributed by atoms with E-state index in [-0.39, 0.29) is 30.2 Å². The highest BCUT2D eigenvalue weighted by molar-refractivity contribution is 5.87. The normalized spacial score (nSPS) is 19.1. The van der Waals surface area contributed by atoms with Gasteiger partial charge in [0.25, 0.3) is 5.56 Å². The summed E-state index contributed by atoms with van der Waals surface area (Å²) >= 11 is 0. The van der Waals surface area contributed by atoms with Gasteiger partial charge in [-0.1, -0.05) is 12.1 Å². The largest absolute Gasteiger partial charge is 0.416 e. The Morgan fingerprint density at radius 1 is 1.24 bits per heavy atom. The fourth-order valence-electron chi connectivity index (χ4n) is 4.25. The molecule has 1 aliphatic heterocycles. The summed E-state index contributed by atoms with van der Waals surface area (Å²) < 4.78 is 40.6. The lowest BCUT2D eigenvalue weighted by Gasteiger charge is -2.28. The standard InChI is InChI=1S/C24H24F3N3O3/c1-14-8-16(15-4-2-5-17(9-15)24(25,26)27)10-19-22(14)29-13-30(23(19)33)12-18(31)11-20-21(32)6-3-7-28-20/h2,4-5,8-10,13,20-21,28,32H,3,6-7,11-12H2,1H3/t20-,21+/m1/s1. The number of nitrogens with one attached hydrogen (secondary N) is 1. The third-order valence-corrected chi connectivity index (χ3v) is 5.98. The second-order valence-corrected chi connectivity index (χ2v) is 8.46. The number of aliphatic hydroxyl groups is 1. The van der Waals surface area contributed by atoms with Gasteiger partial charge in [0.15, 0.2) is 5.78 Å². The second kappa shape index (κ2) is 9.07. The van der Waals surface area contributed by atoms with E-state index in [4.69, 9.17) is 0 Å². The van der Waals surface area contributed by atoms with Gasteiger partial charge in [0, 0.05) is 12.5 Å². The van der Waals surface area contributed by atoms with Crippen molar-refractivity contribution in [1.29, 1.82) is 0 Å². The molecule has 2 aromatic carbocycles. The summed E-state index contributed by atoms with van der Waals surface area (Å²) in [6.07, 6.45) is -2.21. The Balaban J connectivity index is 1.66. The number of ketones is 1. The average molecular weight is 459 g/mol. The molecule has 4 rings (SSSR count). The van der Waals surface area contributed by atoms with Gasteiger partial charge < -0.3 is 10.4 Å². The van der Waals surface area contributed by atoms with E-state index in [1.165, 1.54) is 23.0 Å². The van der Waals surface area contributed by atoms with Crippen LogP contribution in [0.2, 0.25) is 0 Å². The van der Waals surface area contributed by atoms with E-state index in [1.54, 1.807) is 19.1 Å². The van der Waals surface area contributed by atoms with Crippen LogP contribution >= 0.6 is 0 Å². The quantitative estimate of drug-likeness (QED) is 0.611. The maximum absolute atomic E-state index is 13.1. The van der Waals surface area contributed by atoms with Crippen LogP contribution in [0.1, 0.15) is 30.4 Å². The van der Waals surface area contributed by atoms with Crippen molar-refractivity contribution in [1.82, 2.24) is 14.9 Å². The number of aromatic nitrogens is 2. The molecule has 0 spiro atoms. The highest BCUT2D eigenvalue weighted by Crippen LogP contribution is 2.33. The van der Waals surface area contributed by atoms with Crippen molar-refractivity contribution in [2.75, 3.05) is 6.54 Å². The van der Waals surface area contributed by atoms with E-state index >= 15 is 0 Å². The molecule has 1 saturated heterocycles. The van der Waals surface area contributed by atoms with Gasteiger partial charge in [-0.25, -0.2) is 4.98 Å². The SMILES string of the molecule is Cc1cc(-c2cccc(C(F)(F)F)c2)cc2c(=O)n(CC(=O)C[C@H]3NCCC[C@@H]3O)cnc12. The Morgan fingerprint density at radius 3 is 2.76 bits per heavy atom. The highest BCUT2D eigenvalue weighted by Gasteiger charge is 2.30. The Labute approximate surface area is 188 Å². The number of halogens is 3. The number of carbonyl (C=O) groups excluding carboxylic acids is 1. The predicted octanol–water partition coefficient (Wildman–Crippen LogP) is 3.46. The van der Waals surface area contributed by atoms with Gasteiger partial charge in [-0.15, -0.1) is 0 Å². The van der Waals surface area contributed by atoms with Crippen molar-refractivity contribution >= 4 is 16.7 Å². The minimum Gasteiger partial charge on any atom is -0.391 e. The Bertz CT molecular complexity index is 1250. The highest BCUT2D eigenvalue weighted by atomic mass is 19.4. The first-order chi connectivity index (χ1) is 15.6. The minimum atomic E-state index is -4.47. The summed E-state index contributed by atoms with van der Waals surface area (Å²) in [4.78, 5) is 30.0. The Morgan fingerprint density at radius 2 is 2.03 bits per heavy atom. The summed E-state index contributed by atoms with van der Waals surface area (Å²) in [5, 5.41) is 13.4. The first-order valence-electron chi connectivity index (χ1n) is 10.7. The number of aliphatic hydroxyl groups excluding tert-OH is 1. The smallest absolute Gasteiger partial charge is 0.391 e. The Kier molecular flexibility index (Phi) is 6.36. The lowest BCUT2D eigenvalue weighted by Crippen LogP contribution is -2.46. The monoisotopic (exact) mass is 459 g/mol. The molecule has 2 N–H and O–H groups in total. The molecule has 2 atom stereocenters. The van der Waals surface area contributed by atoms with Crippen molar-refractivity contribution in [3.8, 4) is 11.1 Å². The summed E-state index contributed by atoms with van der Waals surface area (Å²) in [5.41, 5.74) is 0.656. The molecule has 0 bridgehead atoms. The molecule has 1 aromatic heterocycles. The van der Waals surface area contributed by atoms with Crippen molar-refractivity contribution in [2.24, 2.45) is 0 Å². The molecule has 6 nitrogen and oxygen atoms in total. The molecule has 2 heterocycles. The number of benzene rings is 2. The van der Waals surface area contributed by atoms with Crippen LogP contribution in [-0.4, -0.2) is 39.1 Å². The predicted molar refractivity (Wildman–Crippen MR) is 118 cm³/mol. The lowest BCUT2D eigenvalue weighted by molar-refractivity contribution is -0.137. The number of nitrogens with zero attached hydrogens (tertiary/aromatic N) is 2. The van der Waals surface area contributed by atoms with E-state index in [2.05, 4.69) is 10.3 Å². The molecule has 1 fully saturated rings. The number of piperidine rings is 1. The molecule has 0 unspecified atom stereocenters. The van der Waals surface area contributed by atoms with Gasteiger partial charge in [0.1, 0.15) is 0 Å². The van der Waals surface area contributed by atoms with Crippen molar-refractivity contribution in [3.05, 3.63) is 64.2 Å². The first-order valence-corrected chi connectivity index (χ1v) is 10.7. The van der Waals surface area contributed by atoms with Crippen molar-refractivity contribution < 1.29 is 23.1 Å². The van der Waals surface area contributed by atoms with Gasteiger partial charge in [0.05, 0.1) is 35.4 Å². The molecule has 9 heteroatoms. The van der Waals surface area contributed by atoms with E-state index in [9.17, 15) is 27.9 Å². The van der Waals surface area contributed by atoms with Crippen LogP contribution in [0, 0.1) is 6.92 Å². The van der Waals surface area contributed by atoms with Gasteiger partial charge >= 0.3 is 6.18 Å². The molecule has 0 radical (unpaired) electrons. The molecular formula is C24H24F3N3O3.